The van der Waals surface area contributed by atoms with Crippen LogP contribution in [0.25, 0.3) is 0 Å². The summed E-state index contributed by atoms with van der Waals surface area (Å²) in [6.07, 6.45) is 1.10. The Hall–Kier alpha value is -2.19. The molecule has 0 aliphatic carbocycles. The number of ether oxygens (including phenoxy) is 1. The zero-order valence-electron chi connectivity index (χ0n) is 13.5. The van der Waals surface area contributed by atoms with E-state index in [0.717, 1.165) is 15.4 Å². The van der Waals surface area contributed by atoms with Crippen LogP contribution in [0, 0.1) is 6.92 Å². The van der Waals surface area contributed by atoms with Gasteiger partial charge in [0.1, 0.15) is 4.88 Å². The Morgan fingerprint density at radius 1 is 1.12 bits per heavy atom. The third kappa shape index (κ3) is 4.42. The van der Waals surface area contributed by atoms with E-state index in [1.165, 1.54) is 42.6 Å². The van der Waals surface area contributed by atoms with Crippen LogP contribution in [0.1, 0.15) is 24.9 Å². The molecule has 24 heavy (non-hydrogen) atoms. The van der Waals surface area contributed by atoms with Gasteiger partial charge in [-0.2, -0.15) is 0 Å². The van der Waals surface area contributed by atoms with E-state index in [-0.39, 0.29) is 12.4 Å². The van der Waals surface area contributed by atoms with Crippen LogP contribution in [0.5, 0.6) is 0 Å². The largest absolute Gasteiger partial charge is 0.453 e. The second kappa shape index (κ2) is 7.14. The third-order valence-corrected chi connectivity index (χ3v) is 5.51. The fourth-order valence-electron chi connectivity index (χ4n) is 1.88. The first-order chi connectivity index (χ1) is 11.2. The van der Waals surface area contributed by atoms with Gasteiger partial charge >= 0.3 is 5.97 Å². The van der Waals surface area contributed by atoms with Gasteiger partial charge in [0.05, 0.1) is 11.9 Å². The number of rotatable bonds is 6. The number of benzene rings is 1. The van der Waals surface area contributed by atoms with Crippen molar-refractivity contribution < 1.29 is 22.7 Å². The van der Waals surface area contributed by atoms with Crippen LogP contribution in [0.3, 0.4) is 0 Å². The van der Waals surface area contributed by atoms with Crippen LogP contribution >= 0.6 is 11.3 Å². The lowest BCUT2D eigenvalue weighted by molar-refractivity contribution is 0.0479. The van der Waals surface area contributed by atoms with Gasteiger partial charge in [-0.3, -0.25) is 9.10 Å². The van der Waals surface area contributed by atoms with Crippen molar-refractivity contribution >= 4 is 38.8 Å². The SMILES string of the molecule is Cc1ccc(C(=O)OCC(=O)c2ccc(N(C)S(C)(=O)=O)cc2)s1. The summed E-state index contributed by atoms with van der Waals surface area (Å²) < 4.78 is 29.1. The van der Waals surface area contributed by atoms with Gasteiger partial charge in [-0.1, -0.05) is 0 Å². The molecule has 0 aliphatic heterocycles. The molecule has 0 aliphatic rings. The quantitative estimate of drug-likeness (QED) is 0.579. The minimum Gasteiger partial charge on any atom is -0.453 e. The minimum atomic E-state index is -3.36. The molecule has 0 saturated carbocycles. The molecule has 0 bridgehead atoms. The summed E-state index contributed by atoms with van der Waals surface area (Å²) in [5.41, 5.74) is 0.788. The molecule has 0 saturated heterocycles. The Bertz CT molecular complexity index is 853. The van der Waals surface area contributed by atoms with Crippen molar-refractivity contribution in [2.75, 3.05) is 24.2 Å². The molecule has 2 rings (SSSR count). The molecule has 0 amide bonds. The number of Topliss-reactive ketones (excluding diaryl/α,β-unsaturated/α-hetero) is 1. The number of carbonyl (C=O) groups excluding carboxylic acids is 2. The monoisotopic (exact) mass is 367 g/mol. The van der Waals surface area contributed by atoms with E-state index >= 15 is 0 Å². The lowest BCUT2D eigenvalue weighted by Crippen LogP contribution is -2.24. The maximum absolute atomic E-state index is 12.1. The lowest BCUT2D eigenvalue weighted by Gasteiger charge is -2.16. The summed E-state index contributed by atoms with van der Waals surface area (Å²) in [5, 5.41) is 0. The smallest absolute Gasteiger partial charge is 0.348 e. The van der Waals surface area contributed by atoms with Crippen molar-refractivity contribution in [1.82, 2.24) is 0 Å². The van der Waals surface area contributed by atoms with Crippen LogP contribution < -0.4 is 4.31 Å². The summed E-state index contributed by atoms with van der Waals surface area (Å²) in [6.45, 7) is 1.51. The highest BCUT2D eigenvalue weighted by Crippen LogP contribution is 2.18. The van der Waals surface area contributed by atoms with Crippen molar-refractivity contribution in [2.45, 2.75) is 6.92 Å². The Labute approximate surface area is 144 Å². The number of ketones is 1. The number of anilines is 1. The van der Waals surface area contributed by atoms with Crippen LogP contribution in [0.15, 0.2) is 36.4 Å². The molecule has 0 N–H and O–H groups in total. The number of carbonyl (C=O) groups is 2. The van der Waals surface area contributed by atoms with Gasteiger partial charge in [0.15, 0.2) is 12.4 Å². The number of hydrogen-bond acceptors (Lipinski definition) is 6. The average molecular weight is 367 g/mol. The number of sulfonamides is 1. The van der Waals surface area contributed by atoms with Crippen molar-refractivity contribution in [2.24, 2.45) is 0 Å². The first-order valence-electron chi connectivity index (χ1n) is 6.99. The maximum Gasteiger partial charge on any atom is 0.348 e. The summed E-state index contributed by atoms with van der Waals surface area (Å²) in [7, 11) is -1.93. The molecule has 2 aromatic rings. The summed E-state index contributed by atoms with van der Waals surface area (Å²) in [4.78, 5) is 25.3. The molecule has 8 heteroatoms. The van der Waals surface area contributed by atoms with E-state index in [9.17, 15) is 18.0 Å². The van der Waals surface area contributed by atoms with E-state index in [0.29, 0.717) is 16.1 Å². The molecule has 0 unspecified atom stereocenters. The van der Waals surface area contributed by atoms with E-state index in [4.69, 9.17) is 4.74 Å². The minimum absolute atomic E-state index is 0.343. The fourth-order valence-corrected chi connectivity index (χ4v) is 3.14. The fraction of sp³-hybridized carbons (Fsp3) is 0.250. The number of esters is 1. The van der Waals surface area contributed by atoms with Crippen molar-refractivity contribution in [3.05, 3.63) is 51.7 Å². The van der Waals surface area contributed by atoms with Crippen molar-refractivity contribution in [3.63, 3.8) is 0 Å². The normalized spacial score (nSPS) is 11.1. The molecular formula is C16H17NO5S2. The van der Waals surface area contributed by atoms with Crippen LogP contribution in [0.4, 0.5) is 5.69 Å². The Balaban J connectivity index is 1.99. The predicted octanol–water partition coefficient (Wildman–Crippen LogP) is 2.49. The van der Waals surface area contributed by atoms with Crippen LogP contribution in [0.2, 0.25) is 0 Å². The van der Waals surface area contributed by atoms with Gasteiger partial charge in [0.25, 0.3) is 0 Å². The molecule has 0 fully saturated rings. The number of hydrogen-bond donors (Lipinski definition) is 0. The molecule has 0 radical (unpaired) electrons. The standard InChI is InChI=1S/C16H17NO5S2/c1-11-4-9-15(23-11)16(19)22-10-14(18)12-5-7-13(8-6-12)17(2)24(3,20)21/h4-9H,10H2,1-3H3. The summed E-state index contributed by atoms with van der Waals surface area (Å²) >= 11 is 1.30. The first-order valence-corrected chi connectivity index (χ1v) is 9.65. The highest BCUT2D eigenvalue weighted by atomic mass is 32.2. The second-order valence-electron chi connectivity index (χ2n) is 5.19. The Kier molecular flexibility index (Phi) is 5.40. The molecule has 128 valence electrons. The third-order valence-electron chi connectivity index (χ3n) is 3.33. The second-order valence-corrected chi connectivity index (χ2v) is 8.49. The van der Waals surface area contributed by atoms with Gasteiger partial charge in [-0.25, -0.2) is 13.2 Å². The molecular weight excluding hydrogens is 350 g/mol. The Morgan fingerprint density at radius 2 is 1.75 bits per heavy atom. The molecule has 0 atom stereocenters. The van der Waals surface area contributed by atoms with Gasteiger partial charge in [-0.15, -0.1) is 11.3 Å². The summed E-state index contributed by atoms with van der Waals surface area (Å²) in [5.74, 6) is -0.889. The zero-order chi connectivity index (χ0) is 17.9. The van der Waals surface area contributed by atoms with E-state index in [1.807, 2.05) is 6.92 Å². The summed E-state index contributed by atoms with van der Waals surface area (Å²) in [6, 6.07) is 9.52. The number of thiophene rings is 1. The topological polar surface area (TPSA) is 80.8 Å². The molecule has 6 nitrogen and oxygen atoms in total. The molecule has 1 aromatic heterocycles. The van der Waals surface area contributed by atoms with Crippen LogP contribution in [-0.4, -0.2) is 40.1 Å². The first kappa shape index (κ1) is 18.2. The Morgan fingerprint density at radius 3 is 2.25 bits per heavy atom. The van der Waals surface area contributed by atoms with Gasteiger partial charge in [0.2, 0.25) is 10.0 Å². The van der Waals surface area contributed by atoms with E-state index in [2.05, 4.69) is 0 Å². The predicted molar refractivity (Wildman–Crippen MR) is 93.4 cm³/mol. The van der Waals surface area contributed by atoms with E-state index < -0.39 is 16.0 Å². The zero-order valence-corrected chi connectivity index (χ0v) is 15.1. The highest BCUT2D eigenvalue weighted by Gasteiger charge is 2.15. The highest BCUT2D eigenvalue weighted by molar-refractivity contribution is 7.92. The number of nitrogens with zero attached hydrogens (tertiary/aromatic N) is 1. The molecule has 1 aromatic carbocycles. The van der Waals surface area contributed by atoms with Gasteiger partial charge in [-0.05, 0) is 43.3 Å². The lowest BCUT2D eigenvalue weighted by atomic mass is 10.1. The van der Waals surface area contributed by atoms with Crippen LogP contribution in [-0.2, 0) is 14.8 Å². The molecule has 0 spiro atoms. The van der Waals surface area contributed by atoms with Crippen molar-refractivity contribution in [3.8, 4) is 0 Å². The molecule has 1 heterocycles. The van der Waals surface area contributed by atoms with E-state index in [1.54, 1.807) is 12.1 Å². The van der Waals surface area contributed by atoms with Gasteiger partial charge < -0.3 is 4.74 Å². The maximum atomic E-state index is 12.1. The van der Waals surface area contributed by atoms with Crippen molar-refractivity contribution in [1.29, 1.82) is 0 Å². The number of aryl methyl sites for hydroxylation is 1. The average Bonchev–Trinajstić information content (AvgIpc) is 2.97. The van der Waals surface area contributed by atoms with Gasteiger partial charge in [0, 0.05) is 17.5 Å².